The topological polar surface area (TPSA) is 74.3 Å². The summed E-state index contributed by atoms with van der Waals surface area (Å²) in [5, 5.41) is 5.91. The molecule has 0 spiro atoms. The molecular weight excluding hydrogens is 352 g/mol. The highest BCUT2D eigenvalue weighted by atomic mass is 16.2. The quantitative estimate of drug-likeness (QED) is 0.834. The van der Waals surface area contributed by atoms with Crippen molar-refractivity contribution in [2.45, 2.75) is 44.6 Å². The average Bonchev–Trinajstić information content (AvgIpc) is 3.43. The molecule has 4 rings (SSSR count). The van der Waals surface area contributed by atoms with E-state index in [0.717, 1.165) is 44.5 Å². The van der Waals surface area contributed by atoms with E-state index in [1.54, 1.807) is 6.07 Å². The Morgan fingerprint density at radius 1 is 0.893 bits per heavy atom. The van der Waals surface area contributed by atoms with Gasteiger partial charge < -0.3 is 15.5 Å². The molecule has 1 aromatic carbocycles. The number of pyridine rings is 1. The number of benzene rings is 1. The number of rotatable bonds is 5. The van der Waals surface area contributed by atoms with Gasteiger partial charge in [0.1, 0.15) is 0 Å². The fraction of sp³-hybridized carbons (Fsp3) is 0.409. The summed E-state index contributed by atoms with van der Waals surface area (Å²) in [6.07, 6.45) is 9.81. The van der Waals surface area contributed by atoms with Crippen LogP contribution in [0.25, 0.3) is 0 Å². The van der Waals surface area contributed by atoms with Gasteiger partial charge in [0.25, 0.3) is 11.8 Å². The maximum atomic E-state index is 12.6. The molecule has 2 heterocycles. The van der Waals surface area contributed by atoms with E-state index in [4.69, 9.17) is 0 Å². The number of carbonyl (C=O) groups is 2. The van der Waals surface area contributed by atoms with Crippen molar-refractivity contribution in [3.05, 3.63) is 53.9 Å². The number of aromatic nitrogens is 1. The molecule has 0 radical (unpaired) electrons. The maximum Gasteiger partial charge on any atom is 0.257 e. The first-order valence-electron chi connectivity index (χ1n) is 10.1. The van der Waals surface area contributed by atoms with E-state index in [2.05, 4.69) is 20.5 Å². The van der Waals surface area contributed by atoms with E-state index in [9.17, 15) is 9.59 Å². The minimum Gasteiger partial charge on any atom is -0.372 e. The molecule has 0 bridgehead atoms. The zero-order valence-electron chi connectivity index (χ0n) is 16.0. The standard InChI is InChI=1S/C22H26N4O2/c27-21(24-18-5-1-2-6-18)16-13-17(15-23-14-16)22(28)25-19-7-9-20(10-8-19)26-11-3-4-12-26/h7-10,13-15,18H,1-6,11-12H2,(H,24,27)(H,25,28). The Labute approximate surface area is 165 Å². The summed E-state index contributed by atoms with van der Waals surface area (Å²) >= 11 is 0. The fourth-order valence-electron chi connectivity index (χ4n) is 3.96. The van der Waals surface area contributed by atoms with Crippen molar-refractivity contribution >= 4 is 23.2 Å². The molecule has 2 aromatic rings. The average molecular weight is 378 g/mol. The molecule has 1 saturated carbocycles. The lowest BCUT2D eigenvalue weighted by Crippen LogP contribution is -2.32. The second-order valence-electron chi connectivity index (χ2n) is 7.61. The van der Waals surface area contributed by atoms with Gasteiger partial charge in [0.2, 0.25) is 0 Å². The van der Waals surface area contributed by atoms with Crippen LogP contribution in [0.5, 0.6) is 0 Å². The van der Waals surface area contributed by atoms with E-state index in [-0.39, 0.29) is 17.9 Å². The largest absolute Gasteiger partial charge is 0.372 e. The molecule has 0 atom stereocenters. The van der Waals surface area contributed by atoms with Gasteiger partial charge in [-0.1, -0.05) is 12.8 Å². The zero-order chi connectivity index (χ0) is 19.3. The second kappa shape index (κ2) is 8.42. The molecule has 6 heteroatoms. The Morgan fingerprint density at radius 2 is 1.54 bits per heavy atom. The third-order valence-corrected chi connectivity index (χ3v) is 5.55. The first-order chi connectivity index (χ1) is 13.7. The van der Waals surface area contributed by atoms with Gasteiger partial charge in [0.05, 0.1) is 11.1 Å². The summed E-state index contributed by atoms with van der Waals surface area (Å²) in [5.41, 5.74) is 2.71. The van der Waals surface area contributed by atoms with E-state index >= 15 is 0 Å². The second-order valence-corrected chi connectivity index (χ2v) is 7.61. The van der Waals surface area contributed by atoms with Gasteiger partial charge in [-0.05, 0) is 56.0 Å². The highest BCUT2D eigenvalue weighted by Crippen LogP contribution is 2.22. The molecule has 1 saturated heterocycles. The Morgan fingerprint density at radius 3 is 2.21 bits per heavy atom. The predicted molar refractivity (Wildman–Crippen MR) is 110 cm³/mol. The molecule has 2 N–H and O–H groups in total. The van der Waals surface area contributed by atoms with Crippen molar-refractivity contribution in [3.63, 3.8) is 0 Å². The van der Waals surface area contributed by atoms with Crippen molar-refractivity contribution in [1.29, 1.82) is 0 Å². The van der Waals surface area contributed by atoms with Crippen LogP contribution in [0.1, 0.15) is 59.2 Å². The van der Waals surface area contributed by atoms with E-state index in [0.29, 0.717) is 11.1 Å². The number of carbonyl (C=O) groups excluding carboxylic acids is 2. The third kappa shape index (κ3) is 4.32. The minimum atomic E-state index is -0.267. The normalized spacial score (nSPS) is 16.9. The van der Waals surface area contributed by atoms with Crippen LogP contribution in [0.4, 0.5) is 11.4 Å². The Kier molecular flexibility index (Phi) is 5.55. The summed E-state index contributed by atoms with van der Waals surface area (Å²) in [5.74, 6) is -0.430. The van der Waals surface area contributed by atoms with Crippen LogP contribution in [-0.4, -0.2) is 35.9 Å². The van der Waals surface area contributed by atoms with Crippen LogP contribution in [0, 0.1) is 0 Å². The van der Waals surface area contributed by atoms with Crippen LogP contribution in [0.3, 0.4) is 0 Å². The van der Waals surface area contributed by atoms with Gasteiger partial charge in [-0.2, -0.15) is 0 Å². The molecule has 28 heavy (non-hydrogen) atoms. The molecule has 1 aliphatic carbocycles. The molecule has 1 aromatic heterocycles. The minimum absolute atomic E-state index is 0.163. The molecule has 6 nitrogen and oxygen atoms in total. The highest BCUT2D eigenvalue weighted by Gasteiger charge is 2.19. The molecule has 146 valence electrons. The molecule has 2 fully saturated rings. The van der Waals surface area contributed by atoms with Crippen LogP contribution < -0.4 is 15.5 Å². The van der Waals surface area contributed by atoms with Crippen LogP contribution in [0.15, 0.2) is 42.7 Å². The van der Waals surface area contributed by atoms with Gasteiger partial charge in [0, 0.05) is 42.9 Å². The van der Waals surface area contributed by atoms with Gasteiger partial charge in [0.15, 0.2) is 0 Å². The summed E-state index contributed by atoms with van der Waals surface area (Å²) in [6.45, 7) is 2.18. The first kappa shape index (κ1) is 18.5. The molecule has 1 aliphatic heterocycles. The lowest BCUT2D eigenvalue weighted by molar-refractivity contribution is 0.0937. The number of hydrogen-bond donors (Lipinski definition) is 2. The van der Waals surface area contributed by atoms with Crippen molar-refractivity contribution < 1.29 is 9.59 Å². The smallest absolute Gasteiger partial charge is 0.257 e. The summed E-state index contributed by atoms with van der Waals surface area (Å²) < 4.78 is 0. The van der Waals surface area contributed by atoms with Gasteiger partial charge >= 0.3 is 0 Å². The van der Waals surface area contributed by atoms with Crippen LogP contribution >= 0.6 is 0 Å². The molecule has 2 amide bonds. The number of anilines is 2. The maximum absolute atomic E-state index is 12.6. The van der Waals surface area contributed by atoms with Crippen molar-refractivity contribution in [3.8, 4) is 0 Å². The molecule has 2 aliphatic rings. The number of hydrogen-bond acceptors (Lipinski definition) is 4. The number of amides is 2. The van der Waals surface area contributed by atoms with Crippen LogP contribution in [-0.2, 0) is 0 Å². The Bertz CT molecular complexity index is 838. The molecular formula is C22H26N4O2. The SMILES string of the molecule is O=C(Nc1ccc(N2CCCC2)cc1)c1cncc(C(=O)NC2CCCC2)c1. The zero-order valence-corrected chi connectivity index (χ0v) is 16.0. The van der Waals surface area contributed by atoms with Crippen molar-refractivity contribution in [1.82, 2.24) is 10.3 Å². The number of nitrogens with zero attached hydrogens (tertiary/aromatic N) is 2. The number of nitrogens with one attached hydrogen (secondary N) is 2. The van der Waals surface area contributed by atoms with Gasteiger partial charge in [-0.15, -0.1) is 0 Å². The summed E-state index contributed by atoms with van der Waals surface area (Å²) in [6, 6.07) is 9.73. The first-order valence-corrected chi connectivity index (χ1v) is 10.1. The van der Waals surface area contributed by atoms with Crippen LogP contribution in [0.2, 0.25) is 0 Å². The predicted octanol–water partition coefficient (Wildman–Crippen LogP) is 3.61. The molecule has 0 unspecified atom stereocenters. The lowest BCUT2D eigenvalue weighted by Gasteiger charge is -2.17. The van der Waals surface area contributed by atoms with E-state index in [1.807, 2.05) is 24.3 Å². The van der Waals surface area contributed by atoms with E-state index < -0.39 is 0 Å². The summed E-state index contributed by atoms with van der Waals surface area (Å²) in [7, 11) is 0. The fourth-order valence-corrected chi connectivity index (χ4v) is 3.96. The third-order valence-electron chi connectivity index (χ3n) is 5.55. The van der Waals surface area contributed by atoms with E-state index in [1.165, 1.54) is 30.9 Å². The van der Waals surface area contributed by atoms with Gasteiger partial charge in [-0.3, -0.25) is 14.6 Å². The Hall–Kier alpha value is -2.89. The summed E-state index contributed by atoms with van der Waals surface area (Å²) in [4.78, 5) is 31.4. The van der Waals surface area contributed by atoms with Crippen molar-refractivity contribution in [2.75, 3.05) is 23.3 Å². The Balaban J connectivity index is 1.39. The monoisotopic (exact) mass is 378 g/mol. The lowest BCUT2D eigenvalue weighted by atomic mass is 10.1. The van der Waals surface area contributed by atoms with Crippen molar-refractivity contribution in [2.24, 2.45) is 0 Å². The highest BCUT2D eigenvalue weighted by molar-refractivity contribution is 6.05. The van der Waals surface area contributed by atoms with Gasteiger partial charge in [-0.25, -0.2) is 0 Å².